The number of carbonyl (C=O) groups is 2. The maximum absolute atomic E-state index is 12.2. The SMILES string of the molecule is Cc1ccccc1OCCC(=O)O[C@H](C)C(=O)Nc1ccc2[nH]c(=O)[nH]c2c1. The van der Waals surface area contributed by atoms with E-state index in [2.05, 4.69) is 15.3 Å². The maximum atomic E-state index is 12.2. The van der Waals surface area contributed by atoms with Crippen molar-refractivity contribution in [3.63, 3.8) is 0 Å². The molecule has 1 aromatic heterocycles. The number of H-pyrrole nitrogens is 2. The van der Waals surface area contributed by atoms with Crippen LogP contribution in [0.2, 0.25) is 0 Å². The van der Waals surface area contributed by atoms with Crippen molar-refractivity contribution in [3.8, 4) is 5.75 Å². The van der Waals surface area contributed by atoms with Crippen LogP contribution in [0.15, 0.2) is 47.3 Å². The van der Waals surface area contributed by atoms with Crippen molar-refractivity contribution >= 4 is 28.6 Å². The summed E-state index contributed by atoms with van der Waals surface area (Å²) < 4.78 is 10.7. The minimum absolute atomic E-state index is 0.0303. The third-order valence-electron chi connectivity index (χ3n) is 4.12. The molecule has 0 aliphatic carbocycles. The third-order valence-corrected chi connectivity index (χ3v) is 4.12. The molecule has 0 fully saturated rings. The van der Waals surface area contributed by atoms with Crippen LogP contribution >= 0.6 is 0 Å². The lowest BCUT2D eigenvalue weighted by molar-refractivity contribution is -0.153. The molecule has 1 heterocycles. The second-order valence-electron chi connectivity index (χ2n) is 6.32. The Morgan fingerprint density at radius 1 is 1.11 bits per heavy atom. The number of esters is 1. The highest BCUT2D eigenvalue weighted by Crippen LogP contribution is 2.17. The highest BCUT2D eigenvalue weighted by Gasteiger charge is 2.18. The number of benzene rings is 2. The van der Waals surface area contributed by atoms with E-state index in [1.165, 1.54) is 6.92 Å². The van der Waals surface area contributed by atoms with E-state index >= 15 is 0 Å². The summed E-state index contributed by atoms with van der Waals surface area (Å²) in [6.07, 6.45) is -0.936. The van der Waals surface area contributed by atoms with Gasteiger partial charge in [-0.05, 0) is 43.7 Å². The van der Waals surface area contributed by atoms with Crippen molar-refractivity contribution in [1.29, 1.82) is 0 Å². The fourth-order valence-corrected chi connectivity index (χ4v) is 2.63. The second kappa shape index (κ2) is 8.43. The van der Waals surface area contributed by atoms with Crippen molar-refractivity contribution in [1.82, 2.24) is 9.97 Å². The van der Waals surface area contributed by atoms with Gasteiger partial charge in [0.05, 0.1) is 24.1 Å². The monoisotopic (exact) mass is 383 g/mol. The lowest BCUT2D eigenvalue weighted by Gasteiger charge is -2.14. The molecule has 1 atom stereocenters. The molecule has 2 aromatic carbocycles. The molecule has 0 spiro atoms. The number of para-hydroxylation sites is 1. The van der Waals surface area contributed by atoms with E-state index in [1.54, 1.807) is 18.2 Å². The molecule has 3 aromatic rings. The Morgan fingerprint density at radius 3 is 2.64 bits per heavy atom. The summed E-state index contributed by atoms with van der Waals surface area (Å²) in [6.45, 7) is 3.57. The predicted octanol–water partition coefficient (Wildman–Crippen LogP) is 2.50. The van der Waals surface area contributed by atoms with Crippen molar-refractivity contribution < 1.29 is 19.1 Å². The Morgan fingerprint density at radius 2 is 1.86 bits per heavy atom. The largest absolute Gasteiger partial charge is 0.493 e. The topological polar surface area (TPSA) is 113 Å². The van der Waals surface area contributed by atoms with Gasteiger partial charge in [0.2, 0.25) is 0 Å². The maximum Gasteiger partial charge on any atom is 0.323 e. The fraction of sp³-hybridized carbons (Fsp3) is 0.250. The van der Waals surface area contributed by atoms with Gasteiger partial charge < -0.3 is 24.8 Å². The molecule has 0 saturated heterocycles. The van der Waals surface area contributed by atoms with Gasteiger partial charge in [0.1, 0.15) is 5.75 Å². The van der Waals surface area contributed by atoms with Crippen LogP contribution in [0, 0.1) is 6.92 Å². The standard InChI is InChI=1S/C20H21N3O5/c1-12-5-3-4-6-17(12)27-10-9-18(24)28-13(2)19(25)21-14-7-8-15-16(11-14)23-20(26)22-15/h3-8,11,13H,9-10H2,1-2H3,(H,21,25)(H2,22,23,26)/t13-/m1/s1. The summed E-state index contributed by atoms with van der Waals surface area (Å²) in [7, 11) is 0. The van der Waals surface area contributed by atoms with E-state index in [0.29, 0.717) is 22.5 Å². The normalized spacial score (nSPS) is 11.8. The van der Waals surface area contributed by atoms with Gasteiger partial charge in [-0.2, -0.15) is 0 Å². The van der Waals surface area contributed by atoms with E-state index in [1.807, 2.05) is 31.2 Å². The third kappa shape index (κ3) is 4.79. The van der Waals surface area contributed by atoms with E-state index in [4.69, 9.17) is 9.47 Å². The van der Waals surface area contributed by atoms with Crippen LogP contribution in [0.3, 0.4) is 0 Å². The Kier molecular flexibility index (Phi) is 5.78. The zero-order valence-corrected chi connectivity index (χ0v) is 15.6. The number of nitrogens with one attached hydrogen (secondary N) is 3. The van der Waals surface area contributed by atoms with Crippen LogP contribution in [-0.4, -0.2) is 34.6 Å². The zero-order chi connectivity index (χ0) is 20.1. The summed E-state index contributed by atoms with van der Waals surface area (Å²) in [5.41, 5.74) is 2.34. The molecule has 3 rings (SSSR count). The molecule has 8 heteroatoms. The number of aromatic nitrogens is 2. The Labute approximate surface area is 160 Å². The number of carbonyl (C=O) groups excluding carboxylic acids is 2. The lowest BCUT2D eigenvalue weighted by Crippen LogP contribution is -2.30. The molecule has 146 valence electrons. The van der Waals surface area contributed by atoms with Crippen LogP contribution in [0.1, 0.15) is 18.9 Å². The fourth-order valence-electron chi connectivity index (χ4n) is 2.63. The Bertz CT molecular complexity index is 1050. The number of rotatable bonds is 7. The van der Waals surface area contributed by atoms with Crippen molar-refractivity contribution in [3.05, 3.63) is 58.5 Å². The van der Waals surface area contributed by atoms with Gasteiger partial charge in [0.25, 0.3) is 5.91 Å². The summed E-state index contributed by atoms with van der Waals surface area (Å²) in [4.78, 5) is 40.7. The van der Waals surface area contributed by atoms with Crippen LogP contribution in [-0.2, 0) is 14.3 Å². The van der Waals surface area contributed by atoms with Gasteiger partial charge in [0, 0.05) is 5.69 Å². The quantitative estimate of drug-likeness (QED) is 0.543. The van der Waals surface area contributed by atoms with Crippen molar-refractivity contribution in [2.24, 2.45) is 0 Å². The molecule has 8 nitrogen and oxygen atoms in total. The minimum Gasteiger partial charge on any atom is -0.493 e. The van der Waals surface area contributed by atoms with Gasteiger partial charge in [-0.1, -0.05) is 18.2 Å². The Balaban J connectivity index is 1.48. The molecule has 0 bridgehead atoms. The first kappa shape index (κ1) is 19.2. The van der Waals surface area contributed by atoms with E-state index in [9.17, 15) is 14.4 Å². The van der Waals surface area contributed by atoms with E-state index < -0.39 is 18.0 Å². The number of anilines is 1. The molecular formula is C20H21N3O5. The summed E-state index contributed by atoms with van der Waals surface area (Å²) in [5, 5.41) is 2.65. The first-order chi connectivity index (χ1) is 13.4. The average molecular weight is 383 g/mol. The van der Waals surface area contributed by atoms with Gasteiger partial charge in [0.15, 0.2) is 6.10 Å². The molecular weight excluding hydrogens is 362 g/mol. The summed E-state index contributed by atoms with van der Waals surface area (Å²) in [5.74, 6) is -0.286. The smallest absolute Gasteiger partial charge is 0.323 e. The highest BCUT2D eigenvalue weighted by molar-refractivity contribution is 5.96. The number of ether oxygens (including phenoxy) is 2. The van der Waals surface area contributed by atoms with Crippen LogP contribution < -0.4 is 15.7 Å². The number of hydrogen-bond donors (Lipinski definition) is 3. The summed E-state index contributed by atoms with van der Waals surface area (Å²) in [6, 6.07) is 12.4. The number of imidazole rings is 1. The number of aromatic amines is 2. The van der Waals surface area contributed by atoms with Crippen LogP contribution in [0.25, 0.3) is 11.0 Å². The molecule has 0 aliphatic rings. The molecule has 0 unspecified atom stereocenters. The molecule has 0 radical (unpaired) electrons. The lowest BCUT2D eigenvalue weighted by atomic mass is 10.2. The summed E-state index contributed by atoms with van der Waals surface area (Å²) >= 11 is 0. The number of hydrogen-bond acceptors (Lipinski definition) is 5. The van der Waals surface area contributed by atoms with Gasteiger partial charge >= 0.3 is 11.7 Å². The minimum atomic E-state index is -0.966. The number of amides is 1. The second-order valence-corrected chi connectivity index (χ2v) is 6.32. The molecule has 0 saturated carbocycles. The average Bonchev–Trinajstić information content (AvgIpc) is 3.02. The van der Waals surface area contributed by atoms with Crippen molar-refractivity contribution in [2.45, 2.75) is 26.4 Å². The predicted molar refractivity (Wildman–Crippen MR) is 104 cm³/mol. The van der Waals surface area contributed by atoms with E-state index in [-0.39, 0.29) is 18.7 Å². The van der Waals surface area contributed by atoms with Gasteiger partial charge in [-0.15, -0.1) is 0 Å². The molecule has 0 aliphatic heterocycles. The molecule has 3 N–H and O–H groups in total. The highest BCUT2D eigenvalue weighted by atomic mass is 16.5. The van der Waals surface area contributed by atoms with Crippen LogP contribution in [0.4, 0.5) is 5.69 Å². The van der Waals surface area contributed by atoms with E-state index in [0.717, 1.165) is 5.56 Å². The molecule has 1 amide bonds. The zero-order valence-electron chi connectivity index (χ0n) is 15.6. The first-order valence-electron chi connectivity index (χ1n) is 8.83. The van der Waals surface area contributed by atoms with Crippen molar-refractivity contribution in [2.75, 3.05) is 11.9 Å². The van der Waals surface area contributed by atoms with Crippen LogP contribution in [0.5, 0.6) is 5.75 Å². The first-order valence-corrected chi connectivity index (χ1v) is 8.83. The van der Waals surface area contributed by atoms with Gasteiger partial charge in [-0.25, -0.2) is 4.79 Å². The number of fused-ring (bicyclic) bond motifs is 1. The number of aryl methyl sites for hydroxylation is 1. The molecule has 28 heavy (non-hydrogen) atoms. The van der Waals surface area contributed by atoms with Gasteiger partial charge in [-0.3, -0.25) is 9.59 Å². The Hall–Kier alpha value is -3.55.